The van der Waals surface area contributed by atoms with E-state index in [2.05, 4.69) is 199 Å². The summed E-state index contributed by atoms with van der Waals surface area (Å²) in [5.41, 5.74) is 1.88. The minimum Gasteiger partial charge on any atom is -0.353 e. The molecule has 0 atom stereocenters. The number of aromatic amines is 1. The summed E-state index contributed by atoms with van der Waals surface area (Å²) in [5.74, 6) is 0. The van der Waals surface area contributed by atoms with Gasteiger partial charge in [0.1, 0.15) is 0 Å². The molecule has 226 valence electrons. The molecule has 0 fully saturated rings. The van der Waals surface area contributed by atoms with Crippen molar-refractivity contribution < 1.29 is 0 Å². The molecule has 6 aromatic carbocycles. The topological polar surface area (TPSA) is 40.5 Å². The molecule has 0 aliphatic heterocycles. The first-order chi connectivity index (χ1) is 23.3. The van der Waals surface area contributed by atoms with E-state index in [1.807, 2.05) is 12.4 Å². The molecular weight excluding hydrogens is 603 g/mol. The Morgan fingerprint density at radius 2 is 0.511 bits per heavy atom. The molecule has 1 aromatic heterocycles. The van der Waals surface area contributed by atoms with Gasteiger partial charge in [0.05, 0.1) is 11.4 Å². The van der Waals surface area contributed by atoms with Gasteiger partial charge in [0.25, 0.3) is 16.5 Å². The maximum absolute atomic E-state index is 5.55. The number of hydrogen-bond acceptors (Lipinski definition) is 2. The van der Waals surface area contributed by atoms with Crippen LogP contribution in [0.5, 0.6) is 0 Å². The van der Waals surface area contributed by atoms with Crippen LogP contribution in [0.15, 0.2) is 203 Å². The Balaban J connectivity index is 1.32. The molecule has 0 amide bonds. The third-order valence-corrected chi connectivity index (χ3v) is 16.7. The standard InChI is InChI=1S/C42H35N3Si2/c1-7-19-37(20-8-1)46(38-21-9-2-10-22-38,39-23-11-3-12-24-39)43-33-35-31-32-36(45-35)34-44-47(40-25-13-4-14-26-40,41-27-15-5-16-28-41)42-29-17-6-18-30-42/h1-34,45H/b43-33+,44-34?. The second-order valence-corrected chi connectivity index (χ2v) is 18.3. The number of rotatable bonds is 10. The van der Waals surface area contributed by atoms with Gasteiger partial charge in [-0.05, 0) is 43.3 Å². The van der Waals surface area contributed by atoms with Crippen LogP contribution in [0, 0.1) is 0 Å². The minimum absolute atomic E-state index is 0.942. The van der Waals surface area contributed by atoms with Gasteiger partial charge in [0, 0.05) is 12.4 Å². The van der Waals surface area contributed by atoms with Crippen LogP contribution in [-0.4, -0.2) is 33.9 Å². The normalized spacial score (nSPS) is 12.1. The summed E-state index contributed by atoms with van der Waals surface area (Å²) in [4.78, 5) is 3.61. The average Bonchev–Trinajstić information content (AvgIpc) is 3.63. The van der Waals surface area contributed by atoms with E-state index in [9.17, 15) is 0 Å². The highest BCUT2D eigenvalue weighted by molar-refractivity contribution is 7.11. The molecule has 0 saturated carbocycles. The molecule has 0 aliphatic rings. The van der Waals surface area contributed by atoms with Crippen molar-refractivity contribution in [1.29, 1.82) is 0 Å². The third kappa shape index (κ3) is 6.02. The Hall–Kier alpha value is -5.63. The van der Waals surface area contributed by atoms with Crippen LogP contribution in [0.4, 0.5) is 0 Å². The molecule has 0 unspecified atom stereocenters. The van der Waals surface area contributed by atoms with E-state index in [0.717, 1.165) is 11.4 Å². The summed E-state index contributed by atoms with van der Waals surface area (Å²) >= 11 is 0. The lowest BCUT2D eigenvalue weighted by Crippen LogP contribution is -2.66. The molecule has 47 heavy (non-hydrogen) atoms. The summed E-state index contributed by atoms with van der Waals surface area (Å²) in [6.07, 6.45) is 4.04. The fourth-order valence-corrected chi connectivity index (χ4v) is 14.0. The van der Waals surface area contributed by atoms with Crippen molar-refractivity contribution in [3.63, 3.8) is 0 Å². The highest BCUT2D eigenvalue weighted by atomic mass is 28.3. The lowest BCUT2D eigenvalue weighted by atomic mass is 10.3. The molecule has 0 bridgehead atoms. The zero-order valence-electron chi connectivity index (χ0n) is 26.0. The highest BCUT2D eigenvalue weighted by Crippen LogP contribution is 2.12. The summed E-state index contributed by atoms with van der Waals surface area (Å²) in [6.45, 7) is 0. The van der Waals surface area contributed by atoms with E-state index in [1.54, 1.807) is 0 Å². The molecule has 1 heterocycles. The van der Waals surface area contributed by atoms with E-state index in [1.165, 1.54) is 31.1 Å². The second kappa shape index (κ2) is 13.8. The number of nitrogens with one attached hydrogen (secondary N) is 1. The summed E-state index contributed by atoms with van der Waals surface area (Å²) in [6, 6.07) is 68.6. The number of nitrogens with zero attached hydrogens (tertiary/aromatic N) is 2. The maximum Gasteiger partial charge on any atom is 0.273 e. The predicted molar refractivity (Wildman–Crippen MR) is 204 cm³/mol. The van der Waals surface area contributed by atoms with Gasteiger partial charge in [0.2, 0.25) is 0 Å². The summed E-state index contributed by atoms with van der Waals surface area (Å²) < 4.78 is 11.1. The molecular formula is C42H35N3Si2. The first-order valence-corrected chi connectivity index (χ1v) is 19.8. The molecule has 0 radical (unpaired) electrons. The summed E-state index contributed by atoms with van der Waals surface area (Å²) in [5, 5.41) is 7.45. The Morgan fingerprint density at radius 1 is 0.298 bits per heavy atom. The Morgan fingerprint density at radius 3 is 0.723 bits per heavy atom. The summed E-state index contributed by atoms with van der Waals surface area (Å²) in [7, 11) is -5.51. The van der Waals surface area contributed by atoms with E-state index in [4.69, 9.17) is 9.32 Å². The monoisotopic (exact) mass is 637 g/mol. The lowest BCUT2D eigenvalue weighted by Gasteiger charge is -2.29. The Labute approximate surface area is 278 Å². The molecule has 7 aromatic rings. The van der Waals surface area contributed by atoms with Crippen LogP contribution < -0.4 is 31.1 Å². The van der Waals surface area contributed by atoms with Crippen LogP contribution in [0.25, 0.3) is 0 Å². The largest absolute Gasteiger partial charge is 0.353 e. The molecule has 7 rings (SSSR count). The van der Waals surface area contributed by atoms with Gasteiger partial charge < -0.3 is 14.3 Å². The van der Waals surface area contributed by atoms with Gasteiger partial charge in [-0.15, -0.1) is 0 Å². The fourth-order valence-electron chi connectivity index (χ4n) is 6.44. The third-order valence-electron chi connectivity index (χ3n) is 8.68. The lowest BCUT2D eigenvalue weighted by molar-refractivity contribution is 1.36. The number of benzene rings is 6. The second-order valence-electron chi connectivity index (χ2n) is 11.5. The minimum atomic E-state index is -2.76. The van der Waals surface area contributed by atoms with Crippen LogP contribution in [0.3, 0.4) is 0 Å². The zero-order valence-corrected chi connectivity index (χ0v) is 28.0. The van der Waals surface area contributed by atoms with E-state index in [0.29, 0.717) is 0 Å². The van der Waals surface area contributed by atoms with Crippen LogP contribution >= 0.6 is 0 Å². The SMILES string of the molecule is C(=N[Si](c1ccccc1)(c1ccccc1)c1ccccc1)c1ccc(/C=N/[Si](c2ccccc2)(c2ccccc2)c2ccccc2)[nH]1. The van der Waals surface area contributed by atoms with E-state index in [-0.39, 0.29) is 0 Å². The van der Waals surface area contributed by atoms with Crippen molar-refractivity contribution in [2.24, 2.45) is 9.32 Å². The van der Waals surface area contributed by atoms with Gasteiger partial charge >= 0.3 is 0 Å². The fraction of sp³-hybridized carbons (Fsp3) is 0. The molecule has 5 heteroatoms. The van der Waals surface area contributed by atoms with Crippen molar-refractivity contribution in [2.75, 3.05) is 0 Å². The molecule has 0 aliphatic carbocycles. The first-order valence-electron chi connectivity index (χ1n) is 15.9. The van der Waals surface area contributed by atoms with E-state index < -0.39 is 16.5 Å². The van der Waals surface area contributed by atoms with Gasteiger partial charge in [0.15, 0.2) is 0 Å². The van der Waals surface area contributed by atoms with Crippen molar-refractivity contribution in [2.45, 2.75) is 0 Å². The van der Waals surface area contributed by atoms with Crippen molar-refractivity contribution >= 4 is 60.0 Å². The van der Waals surface area contributed by atoms with Crippen molar-refractivity contribution in [3.05, 3.63) is 206 Å². The first kappa shape index (κ1) is 30.1. The average molecular weight is 638 g/mol. The number of H-pyrrole nitrogens is 1. The van der Waals surface area contributed by atoms with E-state index >= 15 is 0 Å². The highest BCUT2D eigenvalue weighted by Gasteiger charge is 2.40. The van der Waals surface area contributed by atoms with Gasteiger partial charge in [-0.3, -0.25) is 0 Å². The Bertz CT molecular complexity index is 1720. The molecule has 0 saturated heterocycles. The van der Waals surface area contributed by atoms with Crippen LogP contribution in [0.2, 0.25) is 0 Å². The van der Waals surface area contributed by atoms with Crippen LogP contribution in [-0.2, 0) is 0 Å². The maximum atomic E-state index is 5.55. The smallest absolute Gasteiger partial charge is 0.273 e. The molecule has 0 spiro atoms. The van der Waals surface area contributed by atoms with Crippen molar-refractivity contribution in [1.82, 2.24) is 4.98 Å². The zero-order chi connectivity index (χ0) is 31.8. The Kier molecular flexibility index (Phi) is 8.82. The molecule has 1 N–H and O–H groups in total. The number of hydrogen-bond donors (Lipinski definition) is 1. The van der Waals surface area contributed by atoms with Gasteiger partial charge in [-0.1, -0.05) is 182 Å². The predicted octanol–water partition coefficient (Wildman–Crippen LogP) is 5.19. The quantitative estimate of drug-likeness (QED) is 0.122. The van der Waals surface area contributed by atoms with Gasteiger partial charge in [-0.2, -0.15) is 0 Å². The van der Waals surface area contributed by atoms with Crippen molar-refractivity contribution in [3.8, 4) is 0 Å². The number of aromatic nitrogens is 1. The van der Waals surface area contributed by atoms with Gasteiger partial charge in [-0.25, -0.2) is 0 Å². The molecule has 3 nitrogen and oxygen atoms in total. The van der Waals surface area contributed by atoms with Crippen LogP contribution in [0.1, 0.15) is 11.4 Å².